The van der Waals surface area contributed by atoms with Crippen molar-refractivity contribution >= 4 is 23.6 Å². The van der Waals surface area contributed by atoms with Gasteiger partial charge in [0.2, 0.25) is 0 Å². The highest BCUT2D eigenvalue weighted by Crippen LogP contribution is 2.38. The Balaban J connectivity index is 1.26. The lowest BCUT2D eigenvalue weighted by molar-refractivity contribution is -0.134. The Bertz CT molecular complexity index is 1040. The molecular weight excluding hydrogens is 460 g/mol. The van der Waals surface area contributed by atoms with Crippen LogP contribution in [-0.2, 0) is 11.2 Å². The molecule has 9 heteroatoms. The van der Waals surface area contributed by atoms with E-state index in [0.29, 0.717) is 74.7 Å². The molecule has 196 valence electrons. The van der Waals surface area contributed by atoms with Crippen LogP contribution in [0.2, 0.25) is 0 Å². The molecule has 1 aliphatic carbocycles. The number of imide groups is 1. The molecule has 1 aromatic heterocycles. The summed E-state index contributed by atoms with van der Waals surface area (Å²) in [7, 11) is 2.11. The molecule has 4 amide bonds. The number of nitrogens with zero attached hydrogens (tertiary/aromatic N) is 3. The van der Waals surface area contributed by atoms with Gasteiger partial charge < -0.3 is 19.5 Å². The molecule has 2 atom stereocenters. The number of hydrogen-bond acceptors (Lipinski definition) is 6. The third-order valence-electron chi connectivity index (χ3n) is 8.87. The fraction of sp³-hybridized carbons (Fsp3) is 0.704. The van der Waals surface area contributed by atoms with Crippen LogP contribution in [0, 0.1) is 5.92 Å². The maximum absolute atomic E-state index is 13.7. The third kappa shape index (κ3) is 4.25. The maximum atomic E-state index is 13.7. The number of hydrogen-bond donors (Lipinski definition) is 1. The van der Waals surface area contributed by atoms with Gasteiger partial charge in [-0.3, -0.25) is 19.3 Å². The van der Waals surface area contributed by atoms with Gasteiger partial charge in [-0.25, -0.2) is 4.79 Å². The number of furan rings is 1. The fourth-order valence-corrected chi connectivity index (χ4v) is 6.84. The van der Waals surface area contributed by atoms with Gasteiger partial charge in [-0.05, 0) is 64.5 Å². The molecule has 36 heavy (non-hydrogen) atoms. The van der Waals surface area contributed by atoms with Crippen LogP contribution < -0.4 is 5.32 Å². The van der Waals surface area contributed by atoms with Crippen LogP contribution in [0.1, 0.15) is 91.2 Å². The van der Waals surface area contributed by atoms with Crippen LogP contribution in [0.4, 0.5) is 4.79 Å². The zero-order chi connectivity index (χ0) is 25.4. The van der Waals surface area contributed by atoms with Crippen LogP contribution in [0.15, 0.2) is 10.7 Å². The molecule has 9 nitrogen and oxygen atoms in total. The van der Waals surface area contributed by atoms with E-state index in [2.05, 4.69) is 17.3 Å². The van der Waals surface area contributed by atoms with Crippen molar-refractivity contribution in [1.82, 2.24) is 20.0 Å². The molecule has 4 heterocycles. The van der Waals surface area contributed by atoms with Crippen molar-refractivity contribution in [3.63, 3.8) is 0 Å². The van der Waals surface area contributed by atoms with Gasteiger partial charge in [0, 0.05) is 38.5 Å². The van der Waals surface area contributed by atoms with Crippen molar-refractivity contribution in [1.29, 1.82) is 0 Å². The van der Waals surface area contributed by atoms with E-state index < -0.39 is 5.54 Å². The molecular formula is C27H38N4O5. The lowest BCUT2D eigenvalue weighted by Crippen LogP contribution is -2.56. The summed E-state index contributed by atoms with van der Waals surface area (Å²) in [6, 6.07) is 0.137. The number of urea groups is 1. The van der Waals surface area contributed by atoms with E-state index in [1.54, 1.807) is 4.90 Å². The van der Waals surface area contributed by atoms with E-state index in [1.165, 1.54) is 11.2 Å². The molecule has 0 radical (unpaired) electrons. The summed E-state index contributed by atoms with van der Waals surface area (Å²) in [5.41, 5.74) is -0.0739. The first-order chi connectivity index (χ1) is 17.4. The second-order valence-electron chi connectivity index (χ2n) is 11.0. The number of carbonyl (C=O) groups is 4. The van der Waals surface area contributed by atoms with Crippen molar-refractivity contribution in [2.75, 3.05) is 33.2 Å². The first kappa shape index (κ1) is 25.0. The Kier molecular flexibility index (Phi) is 6.94. The number of likely N-dealkylation sites (tertiary alicyclic amines) is 2. The van der Waals surface area contributed by atoms with Gasteiger partial charge in [-0.1, -0.05) is 13.3 Å². The lowest BCUT2D eigenvalue weighted by atomic mass is 9.74. The highest BCUT2D eigenvalue weighted by Gasteiger charge is 2.55. The largest absolute Gasteiger partial charge is 0.468 e. The van der Waals surface area contributed by atoms with Gasteiger partial charge in [0.15, 0.2) is 5.78 Å². The molecule has 0 aromatic carbocycles. The first-order valence-electron chi connectivity index (χ1n) is 13.6. The number of aryl methyl sites for hydroxylation is 1. The Morgan fingerprint density at radius 3 is 2.58 bits per heavy atom. The molecule has 0 bridgehead atoms. The van der Waals surface area contributed by atoms with Crippen LogP contribution in [0.25, 0.3) is 0 Å². The minimum Gasteiger partial charge on any atom is -0.468 e. The average molecular weight is 499 g/mol. The third-order valence-corrected chi connectivity index (χ3v) is 8.87. The first-order valence-corrected chi connectivity index (χ1v) is 13.6. The number of nitrogens with one attached hydrogen (secondary N) is 1. The summed E-state index contributed by atoms with van der Waals surface area (Å²) in [4.78, 5) is 57.9. The molecule has 5 rings (SSSR count). The van der Waals surface area contributed by atoms with Crippen molar-refractivity contribution < 1.29 is 23.6 Å². The van der Waals surface area contributed by atoms with Crippen LogP contribution in [0.3, 0.4) is 0 Å². The molecule has 3 aliphatic heterocycles. The zero-order valence-electron chi connectivity index (χ0n) is 21.5. The van der Waals surface area contributed by atoms with E-state index >= 15 is 0 Å². The summed E-state index contributed by atoms with van der Waals surface area (Å²) in [5, 5.41) is 3.10. The van der Waals surface area contributed by atoms with Crippen LogP contribution in [-0.4, -0.2) is 83.1 Å². The number of rotatable bonds is 7. The Morgan fingerprint density at radius 2 is 1.89 bits per heavy atom. The fourth-order valence-electron chi connectivity index (χ4n) is 6.84. The van der Waals surface area contributed by atoms with Gasteiger partial charge in [-0.15, -0.1) is 0 Å². The van der Waals surface area contributed by atoms with Crippen molar-refractivity contribution in [2.45, 2.75) is 82.7 Å². The zero-order valence-corrected chi connectivity index (χ0v) is 21.5. The summed E-state index contributed by atoms with van der Waals surface area (Å²) in [5.74, 6) is 0.288. The average Bonchev–Trinajstić information content (AvgIpc) is 3.55. The van der Waals surface area contributed by atoms with Crippen molar-refractivity contribution in [3.8, 4) is 0 Å². The van der Waals surface area contributed by atoms with Gasteiger partial charge in [0.25, 0.3) is 11.8 Å². The van der Waals surface area contributed by atoms with Crippen LogP contribution >= 0.6 is 0 Å². The maximum Gasteiger partial charge on any atom is 0.325 e. The summed E-state index contributed by atoms with van der Waals surface area (Å²) >= 11 is 0. The van der Waals surface area contributed by atoms with E-state index in [0.717, 1.165) is 38.6 Å². The number of carbonyl (C=O) groups excluding carboxylic acids is 4. The summed E-state index contributed by atoms with van der Waals surface area (Å²) < 4.78 is 5.55. The molecule has 0 unspecified atom stereocenters. The normalized spacial score (nSPS) is 27.6. The molecule has 0 spiro atoms. The minimum atomic E-state index is -0.896. The highest BCUT2D eigenvalue weighted by atomic mass is 16.3. The molecule has 3 saturated heterocycles. The Hall–Kier alpha value is -2.68. The number of amides is 4. The lowest BCUT2D eigenvalue weighted by Gasteiger charge is -2.41. The van der Waals surface area contributed by atoms with E-state index in [4.69, 9.17) is 4.42 Å². The van der Waals surface area contributed by atoms with E-state index in [9.17, 15) is 19.2 Å². The molecule has 1 aromatic rings. The van der Waals surface area contributed by atoms with Crippen molar-refractivity contribution in [3.05, 3.63) is 23.2 Å². The second kappa shape index (κ2) is 10.00. The van der Waals surface area contributed by atoms with Crippen molar-refractivity contribution in [2.24, 2.45) is 5.92 Å². The monoisotopic (exact) mass is 498 g/mol. The highest BCUT2D eigenvalue weighted by molar-refractivity contribution is 6.09. The summed E-state index contributed by atoms with van der Waals surface area (Å²) in [6.45, 7) is 4.52. The Morgan fingerprint density at radius 1 is 1.11 bits per heavy atom. The Labute approximate surface area is 212 Å². The standard InChI is InChI=1S/C27H38N4O5/c1-3-12-27(25(34)31(26(35)28-27)16-11-19-6-5-13-29(19)2)18-9-14-30(15-10-18)24(33)20-17-36-22-8-4-7-21(32)23(20)22/h17-19H,3-16H2,1-2H3,(H,28,35)/t19-,27+/m0/s1. The summed E-state index contributed by atoms with van der Waals surface area (Å²) in [6.07, 6.45) is 9.04. The quantitative estimate of drug-likeness (QED) is 0.579. The van der Waals surface area contributed by atoms with E-state index in [1.807, 2.05) is 6.92 Å². The topological polar surface area (TPSA) is 103 Å². The molecule has 3 fully saturated rings. The molecule has 0 saturated carbocycles. The molecule has 1 N–H and O–H groups in total. The second-order valence-corrected chi connectivity index (χ2v) is 11.0. The SMILES string of the molecule is CCC[C@]1(C2CCN(C(=O)c3coc4c3C(=O)CCC4)CC2)NC(=O)N(CC[C@@H]2CCCN2C)C1=O. The van der Waals surface area contributed by atoms with Gasteiger partial charge in [0.1, 0.15) is 17.6 Å². The van der Waals surface area contributed by atoms with Crippen LogP contribution in [0.5, 0.6) is 0 Å². The molecule has 4 aliphatic rings. The minimum absolute atomic E-state index is 0.0201. The number of piperidine rings is 1. The smallest absolute Gasteiger partial charge is 0.325 e. The van der Waals surface area contributed by atoms with E-state index in [-0.39, 0.29) is 29.5 Å². The van der Waals surface area contributed by atoms with Gasteiger partial charge in [0.05, 0.1) is 11.1 Å². The predicted octanol–water partition coefficient (Wildman–Crippen LogP) is 3.23. The number of ketones is 1. The number of Topliss-reactive ketones (excluding diaryl/α,β-unsaturated/α-hetero) is 1. The number of fused-ring (bicyclic) bond motifs is 1. The van der Waals surface area contributed by atoms with Gasteiger partial charge in [-0.2, -0.15) is 0 Å². The van der Waals surface area contributed by atoms with Gasteiger partial charge >= 0.3 is 6.03 Å². The predicted molar refractivity (Wildman–Crippen MR) is 133 cm³/mol.